The van der Waals surface area contributed by atoms with Gasteiger partial charge in [0.05, 0.1) is 4.92 Å². The zero-order chi connectivity index (χ0) is 12.8. The summed E-state index contributed by atoms with van der Waals surface area (Å²) in [6.07, 6.45) is 0. The van der Waals surface area contributed by atoms with Gasteiger partial charge in [0.15, 0.2) is 6.61 Å². The number of aliphatic carboxylic acids is 1. The van der Waals surface area contributed by atoms with Crippen LogP contribution in [0.25, 0.3) is 0 Å². The van der Waals surface area contributed by atoms with Crippen molar-refractivity contribution in [2.45, 2.75) is 6.54 Å². The third-order valence-corrected chi connectivity index (χ3v) is 1.84. The van der Waals surface area contributed by atoms with Crippen LogP contribution in [-0.4, -0.2) is 22.6 Å². The van der Waals surface area contributed by atoms with Crippen LogP contribution in [0.15, 0.2) is 23.4 Å². The number of ether oxygens (including phenoxy) is 1. The van der Waals surface area contributed by atoms with Crippen molar-refractivity contribution in [2.24, 2.45) is 5.18 Å². The molecule has 1 aromatic rings. The second-order valence-corrected chi connectivity index (χ2v) is 3.02. The van der Waals surface area contributed by atoms with Crippen molar-refractivity contribution in [2.75, 3.05) is 6.61 Å². The molecular formula is C9H8N2O6. The lowest BCUT2D eigenvalue weighted by Gasteiger charge is -2.07. The van der Waals surface area contributed by atoms with E-state index in [4.69, 9.17) is 9.84 Å². The predicted molar refractivity (Wildman–Crippen MR) is 55.7 cm³/mol. The standard InChI is InChI=1S/C9H8N2O6/c12-9(13)5-17-8-2-1-7(11(15)16)3-6(8)4-10-14/h1-3H,4-5H2,(H,12,13). The Labute approximate surface area is 94.9 Å². The lowest BCUT2D eigenvalue weighted by Crippen LogP contribution is -2.10. The van der Waals surface area contributed by atoms with E-state index in [1.165, 1.54) is 6.07 Å². The normalized spacial score (nSPS) is 9.65. The fraction of sp³-hybridized carbons (Fsp3) is 0.222. The Bertz CT molecular complexity index is 459. The molecule has 0 bridgehead atoms. The fourth-order valence-corrected chi connectivity index (χ4v) is 1.15. The summed E-state index contributed by atoms with van der Waals surface area (Å²) in [5.41, 5.74) is -0.0400. The number of carbonyl (C=O) groups is 1. The second-order valence-electron chi connectivity index (χ2n) is 3.02. The molecule has 0 aliphatic rings. The van der Waals surface area contributed by atoms with Crippen molar-refractivity contribution in [1.82, 2.24) is 0 Å². The Balaban J connectivity index is 2.99. The average Bonchev–Trinajstić information content (AvgIpc) is 2.27. The van der Waals surface area contributed by atoms with Gasteiger partial charge in [-0.3, -0.25) is 10.1 Å². The minimum Gasteiger partial charge on any atom is -0.482 e. The molecule has 0 heterocycles. The number of rotatable bonds is 6. The number of hydrogen-bond donors (Lipinski definition) is 1. The van der Waals surface area contributed by atoms with E-state index in [0.717, 1.165) is 12.1 Å². The summed E-state index contributed by atoms with van der Waals surface area (Å²) in [4.78, 5) is 30.3. The molecular weight excluding hydrogens is 232 g/mol. The molecule has 0 saturated carbocycles. The van der Waals surface area contributed by atoms with Crippen LogP contribution in [-0.2, 0) is 11.3 Å². The van der Waals surface area contributed by atoms with E-state index < -0.39 is 17.5 Å². The number of non-ortho nitro benzene ring substituents is 1. The number of nitroso groups, excluding NO2 is 1. The van der Waals surface area contributed by atoms with Crippen molar-refractivity contribution < 1.29 is 19.6 Å². The van der Waals surface area contributed by atoms with E-state index in [2.05, 4.69) is 5.18 Å². The number of nitro groups is 1. The van der Waals surface area contributed by atoms with Crippen molar-refractivity contribution in [3.63, 3.8) is 0 Å². The van der Waals surface area contributed by atoms with Gasteiger partial charge >= 0.3 is 5.97 Å². The second kappa shape index (κ2) is 5.54. The van der Waals surface area contributed by atoms with Crippen LogP contribution in [0, 0.1) is 15.0 Å². The maximum Gasteiger partial charge on any atom is 0.341 e. The zero-order valence-electron chi connectivity index (χ0n) is 8.53. The third kappa shape index (κ3) is 3.52. The van der Waals surface area contributed by atoms with Crippen LogP contribution in [0.3, 0.4) is 0 Å². The monoisotopic (exact) mass is 240 g/mol. The highest BCUT2D eigenvalue weighted by molar-refractivity contribution is 5.68. The molecule has 0 aliphatic carbocycles. The molecule has 1 aromatic carbocycles. The molecule has 1 rings (SSSR count). The predicted octanol–water partition coefficient (Wildman–Crippen LogP) is 1.32. The van der Waals surface area contributed by atoms with Gasteiger partial charge in [0.1, 0.15) is 12.3 Å². The van der Waals surface area contributed by atoms with E-state index in [1.807, 2.05) is 0 Å². The molecule has 8 nitrogen and oxygen atoms in total. The van der Waals surface area contributed by atoms with Crippen LogP contribution in [0.1, 0.15) is 5.56 Å². The van der Waals surface area contributed by atoms with E-state index in [1.54, 1.807) is 0 Å². The van der Waals surface area contributed by atoms with Gasteiger partial charge in [-0.1, -0.05) is 5.18 Å². The highest BCUT2D eigenvalue weighted by Crippen LogP contribution is 2.24. The zero-order valence-corrected chi connectivity index (χ0v) is 8.53. The number of hydrogen-bond acceptors (Lipinski definition) is 6. The van der Waals surface area contributed by atoms with Crippen LogP contribution in [0.4, 0.5) is 5.69 Å². The molecule has 0 saturated heterocycles. The van der Waals surface area contributed by atoms with Crippen LogP contribution >= 0.6 is 0 Å². The van der Waals surface area contributed by atoms with Crippen molar-refractivity contribution in [3.05, 3.63) is 38.8 Å². The molecule has 1 N–H and O–H groups in total. The number of carboxylic acid groups (broad SMARTS) is 1. The highest BCUT2D eigenvalue weighted by Gasteiger charge is 2.12. The molecule has 90 valence electrons. The summed E-state index contributed by atoms with van der Waals surface area (Å²) < 4.78 is 4.86. The number of nitro benzene ring substituents is 1. The first-order valence-corrected chi connectivity index (χ1v) is 4.45. The first-order chi connectivity index (χ1) is 8.04. The molecule has 0 spiro atoms. The Kier molecular flexibility index (Phi) is 4.09. The SMILES string of the molecule is O=NCc1cc([N+](=O)[O-])ccc1OCC(=O)O. The Hall–Kier alpha value is -2.51. The Morgan fingerprint density at radius 3 is 2.76 bits per heavy atom. The number of nitrogens with zero attached hydrogens (tertiary/aromatic N) is 2. The van der Waals surface area contributed by atoms with Gasteiger partial charge in [0, 0.05) is 17.7 Å². The number of benzene rings is 1. The first-order valence-electron chi connectivity index (χ1n) is 4.45. The van der Waals surface area contributed by atoms with Gasteiger partial charge in [-0.25, -0.2) is 4.79 Å². The molecule has 0 unspecified atom stereocenters. The topological polar surface area (TPSA) is 119 Å². The number of carboxylic acids is 1. The van der Waals surface area contributed by atoms with E-state index in [-0.39, 0.29) is 23.5 Å². The highest BCUT2D eigenvalue weighted by atomic mass is 16.6. The maximum atomic E-state index is 10.5. The van der Waals surface area contributed by atoms with Gasteiger partial charge < -0.3 is 9.84 Å². The van der Waals surface area contributed by atoms with E-state index in [0.29, 0.717) is 0 Å². The molecule has 0 aliphatic heterocycles. The van der Waals surface area contributed by atoms with Gasteiger partial charge in [-0.05, 0) is 6.07 Å². The largest absolute Gasteiger partial charge is 0.482 e. The minimum absolute atomic E-state index is 0.0950. The van der Waals surface area contributed by atoms with Gasteiger partial charge in [0.2, 0.25) is 0 Å². The molecule has 0 fully saturated rings. The van der Waals surface area contributed by atoms with Crippen LogP contribution < -0.4 is 4.74 Å². The molecule has 0 atom stereocenters. The molecule has 8 heteroatoms. The van der Waals surface area contributed by atoms with E-state index in [9.17, 15) is 19.8 Å². The summed E-state index contributed by atoms with van der Waals surface area (Å²) in [5.74, 6) is -1.09. The summed E-state index contributed by atoms with van der Waals surface area (Å²) in [6, 6.07) is 3.52. The Morgan fingerprint density at radius 2 is 2.24 bits per heavy atom. The fourth-order valence-electron chi connectivity index (χ4n) is 1.15. The summed E-state index contributed by atoms with van der Waals surface area (Å²) >= 11 is 0. The van der Waals surface area contributed by atoms with Gasteiger partial charge in [-0.15, -0.1) is 0 Å². The van der Waals surface area contributed by atoms with E-state index >= 15 is 0 Å². The Morgan fingerprint density at radius 1 is 1.53 bits per heavy atom. The molecule has 17 heavy (non-hydrogen) atoms. The lowest BCUT2D eigenvalue weighted by atomic mass is 10.2. The molecule has 0 aromatic heterocycles. The van der Waals surface area contributed by atoms with Gasteiger partial charge in [0.25, 0.3) is 5.69 Å². The quantitative estimate of drug-likeness (QED) is 0.455. The van der Waals surface area contributed by atoms with Crippen LogP contribution in [0.5, 0.6) is 5.75 Å². The first kappa shape index (κ1) is 12.6. The smallest absolute Gasteiger partial charge is 0.341 e. The molecule has 0 amide bonds. The molecule has 0 radical (unpaired) electrons. The van der Waals surface area contributed by atoms with Crippen LogP contribution in [0.2, 0.25) is 0 Å². The minimum atomic E-state index is -1.19. The summed E-state index contributed by atoms with van der Waals surface area (Å²) in [6.45, 7) is -0.916. The lowest BCUT2D eigenvalue weighted by molar-refractivity contribution is -0.384. The van der Waals surface area contributed by atoms with Crippen molar-refractivity contribution in [1.29, 1.82) is 0 Å². The third-order valence-electron chi connectivity index (χ3n) is 1.84. The van der Waals surface area contributed by atoms with Crippen molar-refractivity contribution in [3.8, 4) is 5.75 Å². The van der Waals surface area contributed by atoms with Gasteiger partial charge in [-0.2, -0.15) is 4.91 Å². The summed E-state index contributed by atoms with van der Waals surface area (Å²) in [7, 11) is 0. The summed E-state index contributed by atoms with van der Waals surface area (Å²) in [5, 5.41) is 21.5. The average molecular weight is 240 g/mol. The van der Waals surface area contributed by atoms with Crippen molar-refractivity contribution >= 4 is 11.7 Å². The maximum absolute atomic E-state index is 10.5.